The Kier molecular flexibility index (Phi) is 4.34. The Labute approximate surface area is 112 Å². The average molecular weight is 256 g/mol. The maximum absolute atomic E-state index is 6.02. The lowest BCUT2D eigenvalue weighted by atomic mass is 9.85. The van der Waals surface area contributed by atoms with Crippen LogP contribution in [0.1, 0.15) is 24.5 Å². The average Bonchev–Trinajstić information content (AvgIpc) is 2.47. The topological polar surface area (TPSA) is 9.23 Å². The Morgan fingerprint density at radius 2 is 1.50 bits per heavy atom. The van der Waals surface area contributed by atoms with Crippen LogP contribution in [0.2, 0.25) is 0 Å². The van der Waals surface area contributed by atoms with E-state index in [0.29, 0.717) is 0 Å². The van der Waals surface area contributed by atoms with Crippen molar-refractivity contribution in [1.82, 2.24) is 0 Å². The largest absolute Gasteiger partial charge is 0.418 e. The fourth-order valence-electron chi connectivity index (χ4n) is 2.43. The summed E-state index contributed by atoms with van der Waals surface area (Å²) in [6.45, 7) is 2.20. The van der Waals surface area contributed by atoms with E-state index < -0.39 is 0 Å². The lowest BCUT2D eigenvalue weighted by molar-refractivity contribution is 0.0733. The molecule has 0 amide bonds. The molecule has 0 heterocycles. The van der Waals surface area contributed by atoms with E-state index in [2.05, 4.69) is 67.6 Å². The van der Waals surface area contributed by atoms with Gasteiger partial charge in [0.2, 0.25) is 0 Å². The molecule has 1 nitrogen and oxygen atoms in total. The summed E-state index contributed by atoms with van der Waals surface area (Å²) in [7, 11) is 0.751. The van der Waals surface area contributed by atoms with E-state index in [9.17, 15) is 0 Å². The minimum Gasteiger partial charge on any atom is -0.418 e. The molecule has 18 heavy (non-hydrogen) atoms. The summed E-state index contributed by atoms with van der Waals surface area (Å²) in [4.78, 5) is 0. The van der Waals surface area contributed by atoms with Crippen LogP contribution in [0.15, 0.2) is 60.7 Å². The van der Waals surface area contributed by atoms with Crippen LogP contribution in [0.4, 0.5) is 0 Å². The van der Waals surface area contributed by atoms with Gasteiger partial charge in [-0.1, -0.05) is 67.6 Å². The molecule has 0 aromatic heterocycles. The first kappa shape index (κ1) is 13.1. The molecule has 0 bridgehead atoms. The number of hydrogen-bond donors (Lipinski definition) is 0. The van der Waals surface area contributed by atoms with Crippen LogP contribution in [0.25, 0.3) is 0 Å². The minimum absolute atomic E-state index is 0.158. The second-order valence-corrected chi connectivity index (χ2v) is 4.99. The highest BCUT2D eigenvalue weighted by molar-refractivity contribution is 5.98. The van der Waals surface area contributed by atoms with Crippen LogP contribution < -0.4 is 0 Å². The highest BCUT2D eigenvalue weighted by Gasteiger charge is 2.29. The third-order valence-corrected chi connectivity index (χ3v) is 4.38. The molecular weight excluding hydrogens is 236 g/mol. The van der Waals surface area contributed by atoms with Crippen LogP contribution in [0.5, 0.6) is 0 Å². The summed E-state index contributed by atoms with van der Waals surface area (Å²) in [5, 5.41) is 0. The van der Waals surface area contributed by atoms with Gasteiger partial charge in [-0.05, 0) is 17.5 Å². The molecule has 0 radical (unpaired) electrons. The maximum Gasteiger partial charge on any atom is 0.147 e. The molecule has 0 N–H and O–H groups in total. The number of benzene rings is 2. The predicted octanol–water partition coefficient (Wildman–Crippen LogP) is 2.83. The second kappa shape index (κ2) is 5.98. The van der Waals surface area contributed by atoms with E-state index in [1.54, 1.807) is 0 Å². The monoisotopic (exact) mass is 256 g/mol. The van der Waals surface area contributed by atoms with Gasteiger partial charge in [-0.3, -0.25) is 0 Å². The standard InChI is InChI=1S/C16H20OSi/c1-2-16(17-18,15-11-7-4-8-12-15)13-14-9-5-3-6-10-14/h3-12H,2,13H2,1,18H3. The van der Waals surface area contributed by atoms with Crippen molar-refractivity contribution in [2.45, 2.75) is 25.4 Å². The summed E-state index contributed by atoms with van der Waals surface area (Å²) >= 11 is 0. The van der Waals surface area contributed by atoms with Gasteiger partial charge in [0, 0.05) is 6.42 Å². The Bertz CT molecular complexity index is 463. The fraction of sp³-hybridized carbons (Fsp3) is 0.250. The molecule has 2 rings (SSSR count). The van der Waals surface area contributed by atoms with Crippen molar-refractivity contribution in [3.05, 3.63) is 71.8 Å². The summed E-state index contributed by atoms with van der Waals surface area (Å²) in [6, 6.07) is 21.2. The van der Waals surface area contributed by atoms with E-state index >= 15 is 0 Å². The minimum atomic E-state index is -0.158. The molecule has 1 unspecified atom stereocenters. The van der Waals surface area contributed by atoms with Crippen LogP contribution in [0.3, 0.4) is 0 Å². The maximum atomic E-state index is 6.02. The van der Waals surface area contributed by atoms with Crippen molar-refractivity contribution in [2.75, 3.05) is 0 Å². The predicted molar refractivity (Wildman–Crippen MR) is 79.6 cm³/mol. The van der Waals surface area contributed by atoms with Gasteiger partial charge in [-0.25, -0.2) is 0 Å². The van der Waals surface area contributed by atoms with Gasteiger partial charge in [-0.15, -0.1) is 0 Å². The lowest BCUT2D eigenvalue weighted by Crippen LogP contribution is -2.31. The van der Waals surface area contributed by atoms with Crippen LogP contribution >= 0.6 is 0 Å². The first-order valence-electron chi connectivity index (χ1n) is 6.45. The Morgan fingerprint density at radius 1 is 0.944 bits per heavy atom. The van der Waals surface area contributed by atoms with Gasteiger partial charge in [0.15, 0.2) is 0 Å². The smallest absolute Gasteiger partial charge is 0.147 e. The van der Waals surface area contributed by atoms with Crippen LogP contribution in [0, 0.1) is 0 Å². The van der Waals surface area contributed by atoms with Crippen molar-refractivity contribution in [1.29, 1.82) is 0 Å². The third-order valence-electron chi connectivity index (χ3n) is 3.59. The summed E-state index contributed by atoms with van der Waals surface area (Å²) in [6.07, 6.45) is 1.94. The van der Waals surface area contributed by atoms with Gasteiger partial charge < -0.3 is 4.43 Å². The Hall–Kier alpha value is -1.38. The van der Waals surface area contributed by atoms with Crippen molar-refractivity contribution in [3.8, 4) is 0 Å². The molecule has 2 heteroatoms. The molecule has 94 valence electrons. The van der Waals surface area contributed by atoms with Gasteiger partial charge in [0.25, 0.3) is 0 Å². The second-order valence-electron chi connectivity index (χ2n) is 4.58. The molecule has 0 saturated carbocycles. The van der Waals surface area contributed by atoms with Gasteiger partial charge in [0.05, 0.1) is 5.60 Å². The van der Waals surface area contributed by atoms with Crippen LogP contribution in [-0.2, 0) is 16.4 Å². The van der Waals surface area contributed by atoms with Gasteiger partial charge in [0.1, 0.15) is 10.5 Å². The highest BCUT2D eigenvalue weighted by Crippen LogP contribution is 2.32. The zero-order valence-electron chi connectivity index (χ0n) is 11.1. The Balaban J connectivity index is 2.33. The van der Waals surface area contributed by atoms with E-state index in [0.717, 1.165) is 23.3 Å². The van der Waals surface area contributed by atoms with Crippen LogP contribution in [-0.4, -0.2) is 10.5 Å². The quantitative estimate of drug-likeness (QED) is 0.748. The first-order valence-corrected chi connectivity index (χ1v) is 7.27. The molecule has 0 aliphatic heterocycles. The van der Waals surface area contributed by atoms with Crippen molar-refractivity contribution < 1.29 is 4.43 Å². The van der Waals surface area contributed by atoms with Gasteiger partial charge in [-0.2, -0.15) is 0 Å². The normalized spacial score (nSPS) is 14.3. The fourth-order valence-corrected chi connectivity index (χ4v) is 3.10. The lowest BCUT2D eigenvalue weighted by Gasteiger charge is -2.33. The van der Waals surface area contributed by atoms with E-state index in [-0.39, 0.29) is 5.60 Å². The third kappa shape index (κ3) is 2.71. The summed E-state index contributed by atoms with van der Waals surface area (Å²) in [5.41, 5.74) is 2.46. The zero-order valence-corrected chi connectivity index (χ0v) is 13.1. The molecule has 0 fully saturated rings. The first-order chi connectivity index (χ1) is 8.80. The molecule has 2 aromatic carbocycles. The molecule has 0 saturated heterocycles. The highest BCUT2D eigenvalue weighted by atomic mass is 28.2. The molecular formula is C16H20OSi. The summed E-state index contributed by atoms with van der Waals surface area (Å²) < 4.78 is 6.02. The van der Waals surface area contributed by atoms with E-state index in [1.807, 2.05) is 0 Å². The Morgan fingerprint density at radius 3 is 2.00 bits per heavy atom. The molecule has 0 aliphatic rings. The van der Waals surface area contributed by atoms with Crippen molar-refractivity contribution in [2.24, 2.45) is 0 Å². The molecule has 0 spiro atoms. The van der Waals surface area contributed by atoms with E-state index in [4.69, 9.17) is 4.43 Å². The zero-order chi connectivity index (χ0) is 12.8. The van der Waals surface area contributed by atoms with Gasteiger partial charge >= 0.3 is 0 Å². The van der Waals surface area contributed by atoms with Crippen molar-refractivity contribution in [3.63, 3.8) is 0 Å². The number of rotatable bonds is 5. The summed E-state index contributed by atoms with van der Waals surface area (Å²) in [5.74, 6) is 0. The molecule has 1 atom stereocenters. The SMILES string of the molecule is CCC(Cc1ccccc1)(O[SiH3])c1ccccc1. The molecule has 0 aliphatic carbocycles. The van der Waals surface area contributed by atoms with E-state index in [1.165, 1.54) is 11.1 Å². The van der Waals surface area contributed by atoms with Crippen molar-refractivity contribution >= 4 is 10.5 Å². The number of hydrogen-bond acceptors (Lipinski definition) is 1. The molecule has 2 aromatic rings.